The summed E-state index contributed by atoms with van der Waals surface area (Å²) in [6.07, 6.45) is 51.2. The average molecular weight is 1280 g/mol. The van der Waals surface area contributed by atoms with Crippen LogP contribution < -0.4 is 0 Å². The third kappa shape index (κ3) is 62.6. The van der Waals surface area contributed by atoms with Gasteiger partial charge in [0.15, 0.2) is 12.2 Å². The molecular formula is C68H132O17P2. The molecule has 0 saturated heterocycles. The molecule has 19 heteroatoms. The Bertz CT molecular complexity index is 1670. The van der Waals surface area contributed by atoms with Gasteiger partial charge < -0.3 is 33.8 Å². The lowest BCUT2D eigenvalue weighted by Crippen LogP contribution is -2.30. The van der Waals surface area contributed by atoms with Gasteiger partial charge in [0.1, 0.15) is 19.3 Å². The lowest BCUT2D eigenvalue weighted by atomic mass is 10.0. The second-order valence-electron chi connectivity index (χ2n) is 24.6. The summed E-state index contributed by atoms with van der Waals surface area (Å²) in [5.41, 5.74) is 0. The van der Waals surface area contributed by atoms with Crippen LogP contribution in [0, 0.1) is 0 Å². The molecule has 17 nitrogen and oxygen atoms in total. The Balaban J connectivity index is 4.99. The Hall–Kier alpha value is -1.94. The summed E-state index contributed by atoms with van der Waals surface area (Å²) < 4.78 is 67.6. The highest BCUT2D eigenvalue weighted by atomic mass is 31.2. The van der Waals surface area contributed by atoms with E-state index in [4.69, 9.17) is 37.0 Å². The van der Waals surface area contributed by atoms with Gasteiger partial charge in [-0.1, -0.05) is 304 Å². The van der Waals surface area contributed by atoms with Gasteiger partial charge in [0.2, 0.25) is 0 Å². The van der Waals surface area contributed by atoms with Crippen molar-refractivity contribution >= 4 is 39.5 Å². The lowest BCUT2D eigenvalue weighted by Gasteiger charge is -2.21. The summed E-state index contributed by atoms with van der Waals surface area (Å²) in [4.78, 5) is 71.8. The summed E-state index contributed by atoms with van der Waals surface area (Å²) in [5, 5.41) is 10.5. The molecule has 0 heterocycles. The number of aliphatic hydroxyl groups excluding tert-OH is 1. The van der Waals surface area contributed by atoms with Gasteiger partial charge in [-0.05, 0) is 25.7 Å². The minimum atomic E-state index is -4.94. The van der Waals surface area contributed by atoms with Gasteiger partial charge in [0, 0.05) is 25.7 Å². The normalized spacial score (nSPS) is 14.1. The van der Waals surface area contributed by atoms with E-state index in [0.717, 1.165) is 70.6 Å². The second-order valence-corrected chi connectivity index (χ2v) is 27.5. The molecule has 0 aromatic heterocycles. The van der Waals surface area contributed by atoms with E-state index in [0.29, 0.717) is 25.7 Å². The highest BCUT2D eigenvalue weighted by Crippen LogP contribution is 2.45. The molecule has 2 unspecified atom stereocenters. The molecule has 0 amide bonds. The average Bonchev–Trinajstić information content (AvgIpc) is 3.68. The van der Waals surface area contributed by atoms with Crippen LogP contribution in [0.1, 0.15) is 355 Å². The van der Waals surface area contributed by atoms with Gasteiger partial charge in [-0.2, -0.15) is 0 Å². The number of carbonyl (C=O) groups is 4. The van der Waals surface area contributed by atoms with Crippen molar-refractivity contribution in [2.24, 2.45) is 0 Å². The summed E-state index contributed by atoms with van der Waals surface area (Å²) in [5.74, 6) is -2.16. The van der Waals surface area contributed by atoms with Crippen LogP contribution in [0.4, 0.5) is 0 Å². The zero-order valence-electron chi connectivity index (χ0n) is 56.0. The van der Waals surface area contributed by atoms with Crippen molar-refractivity contribution < 1.29 is 80.2 Å². The third-order valence-corrected chi connectivity index (χ3v) is 17.8. The summed E-state index contributed by atoms with van der Waals surface area (Å²) in [6.45, 7) is 4.67. The summed E-state index contributed by atoms with van der Waals surface area (Å²) in [6, 6.07) is 0. The highest BCUT2D eigenvalue weighted by molar-refractivity contribution is 7.47. The molecular weight excluding hydrogens is 1150 g/mol. The molecule has 3 N–H and O–H groups in total. The van der Waals surface area contributed by atoms with E-state index < -0.39 is 97.5 Å². The van der Waals surface area contributed by atoms with Crippen molar-refractivity contribution in [3.63, 3.8) is 0 Å². The minimum Gasteiger partial charge on any atom is -0.462 e. The van der Waals surface area contributed by atoms with Crippen LogP contribution in [0.2, 0.25) is 0 Å². The molecule has 0 fully saturated rings. The molecule has 0 aliphatic heterocycles. The van der Waals surface area contributed by atoms with Crippen molar-refractivity contribution in [3.8, 4) is 0 Å². The number of phosphoric acid groups is 2. The maximum Gasteiger partial charge on any atom is 0.472 e. The molecule has 0 rings (SSSR count). The number of hydrogen-bond donors (Lipinski definition) is 3. The number of unbranched alkanes of at least 4 members (excludes halogenated alkanes) is 43. The quantitative estimate of drug-likeness (QED) is 0.0222. The molecule has 0 aliphatic rings. The molecule has 5 atom stereocenters. The van der Waals surface area contributed by atoms with Crippen LogP contribution in [-0.4, -0.2) is 96.7 Å². The molecule has 0 aliphatic carbocycles. The van der Waals surface area contributed by atoms with Crippen LogP contribution in [0.15, 0.2) is 0 Å². The van der Waals surface area contributed by atoms with Crippen LogP contribution in [0.25, 0.3) is 0 Å². The van der Waals surface area contributed by atoms with E-state index >= 15 is 0 Å². The van der Waals surface area contributed by atoms with E-state index in [9.17, 15) is 43.2 Å². The molecule has 0 radical (unpaired) electrons. The first-order valence-corrected chi connectivity index (χ1v) is 38.8. The molecule has 0 aromatic rings. The fourth-order valence-electron chi connectivity index (χ4n) is 10.3. The Morgan fingerprint density at radius 3 is 0.713 bits per heavy atom. The molecule has 0 aromatic carbocycles. The largest absolute Gasteiger partial charge is 0.472 e. The van der Waals surface area contributed by atoms with E-state index in [1.54, 1.807) is 0 Å². The van der Waals surface area contributed by atoms with Gasteiger partial charge >= 0.3 is 39.5 Å². The smallest absolute Gasteiger partial charge is 0.462 e. The van der Waals surface area contributed by atoms with Gasteiger partial charge in [0.05, 0.1) is 26.4 Å². The number of ether oxygens (including phenoxy) is 4. The van der Waals surface area contributed by atoms with E-state index in [1.165, 1.54) is 205 Å². The van der Waals surface area contributed by atoms with Gasteiger partial charge in [-0.15, -0.1) is 0 Å². The number of aliphatic hydroxyl groups is 1. The molecule has 0 spiro atoms. The first-order chi connectivity index (χ1) is 42.2. The Morgan fingerprint density at radius 2 is 0.471 bits per heavy atom. The SMILES string of the molecule is CCCCCCCCCCCCCCCCCC(=O)OC[C@H](COP(=O)(O)OC[C@H](O)COP(=O)(O)OC[C@@H](COC(=O)CCCCCCCCCCCCCCCCC)OC(=O)CCCCCCCCCCCCCCCCC)OC(=O)CCCC. The van der Waals surface area contributed by atoms with Gasteiger partial charge in [-0.3, -0.25) is 37.3 Å². The van der Waals surface area contributed by atoms with Gasteiger partial charge in [0.25, 0.3) is 0 Å². The Morgan fingerprint density at radius 1 is 0.276 bits per heavy atom. The fourth-order valence-corrected chi connectivity index (χ4v) is 11.9. The Labute approximate surface area is 530 Å². The third-order valence-electron chi connectivity index (χ3n) is 15.9. The van der Waals surface area contributed by atoms with E-state index in [-0.39, 0.29) is 25.7 Å². The maximum atomic E-state index is 13.0. The van der Waals surface area contributed by atoms with Crippen LogP contribution in [0.5, 0.6) is 0 Å². The number of phosphoric ester groups is 2. The number of esters is 4. The predicted octanol–water partition coefficient (Wildman–Crippen LogP) is 19.5. The first kappa shape index (κ1) is 85.1. The monoisotopic (exact) mass is 1280 g/mol. The fraction of sp³-hybridized carbons (Fsp3) is 0.941. The predicted molar refractivity (Wildman–Crippen MR) is 349 cm³/mol. The molecule has 516 valence electrons. The van der Waals surface area contributed by atoms with Crippen molar-refractivity contribution in [3.05, 3.63) is 0 Å². The number of hydrogen-bond acceptors (Lipinski definition) is 15. The van der Waals surface area contributed by atoms with E-state index in [1.807, 2.05) is 6.92 Å². The van der Waals surface area contributed by atoms with Crippen molar-refractivity contribution in [1.29, 1.82) is 0 Å². The minimum absolute atomic E-state index is 0.0798. The van der Waals surface area contributed by atoms with Crippen molar-refractivity contribution in [2.45, 2.75) is 373 Å². The zero-order valence-corrected chi connectivity index (χ0v) is 57.8. The molecule has 0 saturated carbocycles. The number of rotatable bonds is 69. The summed E-state index contributed by atoms with van der Waals surface area (Å²) in [7, 11) is -9.87. The first-order valence-electron chi connectivity index (χ1n) is 35.8. The van der Waals surface area contributed by atoms with E-state index in [2.05, 4.69) is 20.8 Å². The maximum absolute atomic E-state index is 13.0. The standard InChI is InChI=1S/C68H132O17P2/c1-5-9-13-16-19-22-25-28-31-34-37-40-43-46-49-53-65(70)78-58-63(84-67(72)52-12-8-4)60-82-86(74,75)80-56-62(69)57-81-87(76,77)83-61-64(85-68(73)55-51-48-45-42-39-36-33-30-27-24-21-18-15-11-7-3)59-79-66(71)54-50-47-44-41-38-35-32-29-26-23-20-17-14-10-6-2/h62-64,69H,5-61H2,1-4H3,(H,74,75)(H,76,77)/t62-,63+,64+/m0/s1. The lowest BCUT2D eigenvalue weighted by molar-refractivity contribution is -0.161. The second kappa shape index (κ2) is 62.8. The van der Waals surface area contributed by atoms with Crippen LogP contribution >= 0.6 is 15.6 Å². The molecule has 87 heavy (non-hydrogen) atoms. The van der Waals surface area contributed by atoms with Gasteiger partial charge in [-0.25, -0.2) is 9.13 Å². The Kier molecular flexibility index (Phi) is 61.4. The van der Waals surface area contributed by atoms with Crippen molar-refractivity contribution in [1.82, 2.24) is 0 Å². The zero-order chi connectivity index (χ0) is 64.0. The molecule has 0 bridgehead atoms. The van der Waals surface area contributed by atoms with Crippen LogP contribution in [0.3, 0.4) is 0 Å². The van der Waals surface area contributed by atoms with Crippen molar-refractivity contribution in [2.75, 3.05) is 39.6 Å². The van der Waals surface area contributed by atoms with Crippen LogP contribution in [-0.2, 0) is 65.4 Å². The number of carbonyl (C=O) groups excluding carboxylic acids is 4. The topological polar surface area (TPSA) is 237 Å². The summed E-state index contributed by atoms with van der Waals surface area (Å²) >= 11 is 0. The highest BCUT2D eigenvalue weighted by Gasteiger charge is 2.30.